The molecule has 0 aliphatic carbocycles. The van der Waals surface area contributed by atoms with Gasteiger partial charge in [-0.05, 0) is 24.5 Å². The van der Waals surface area contributed by atoms with Gasteiger partial charge in [-0.2, -0.15) is 0 Å². The zero-order valence-electron chi connectivity index (χ0n) is 13.7. The lowest BCUT2D eigenvalue weighted by molar-refractivity contribution is -0.117. The third kappa shape index (κ3) is 10.4. The molecule has 1 rings (SSSR count). The molecule has 0 aliphatic rings. The molecule has 0 aliphatic heterocycles. The van der Waals surface area contributed by atoms with Crippen molar-refractivity contribution in [3.05, 3.63) is 23.8 Å². The van der Waals surface area contributed by atoms with Gasteiger partial charge >= 0.3 is 0 Å². The Bertz CT molecular complexity index is 370. The van der Waals surface area contributed by atoms with Gasteiger partial charge in [0.05, 0.1) is 0 Å². The maximum atomic E-state index is 10.9. The van der Waals surface area contributed by atoms with Gasteiger partial charge in [0.2, 0.25) is 0 Å². The lowest BCUT2D eigenvalue weighted by Crippen LogP contribution is -2.00. The van der Waals surface area contributed by atoms with Gasteiger partial charge in [-0.3, -0.25) is 0 Å². The zero-order valence-corrected chi connectivity index (χ0v) is 13.7. The molecule has 116 valence electrons. The Morgan fingerprint density at radius 2 is 1.55 bits per heavy atom. The molecule has 20 heavy (non-hydrogen) atoms. The van der Waals surface area contributed by atoms with Gasteiger partial charge in [0, 0.05) is 12.5 Å². The van der Waals surface area contributed by atoms with Crippen molar-refractivity contribution in [3.63, 3.8) is 0 Å². The summed E-state index contributed by atoms with van der Waals surface area (Å²) in [6, 6.07) is 4.43. The molecule has 0 radical (unpaired) electrons. The molecule has 1 aromatic carbocycles. The van der Waals surface area contributed by atoms with Crippen molar-refractivity contribution in [2.75, 3.05) is 0 Å². The average molecular weight is 282 g/mol. The van der Waals surface area contributed by atoms with Gasteiger partial charge in [-0.15, -0.1) is 0 Å². The molecular weight excluding hydrogens is 252 g/mol. The van der Waals surface area contributed by atoms with Gasteiger partial charge < -0.3 is 15.0 Å². The van der Waals surface area contributed by atoms with E-state index in [1.54, 1.807) is 6.07 Å². The predicted molar refractivity (Wildman–Crippen MR) is 85.4 cm³/mol. The molecular formula is C17H30O3. The first-order chi connectivity index (χ1) is 9.33. The SMILES string of the molecule is CC(=O)CC(C)c1ccc(O)cc1O.CCC.CCC. The van der Waals surface area contributed by atoms with Crippen LogP contribution in [0.1, 0.15) is 72.3 Å². The van der Waals surface area contributed by atoms with Crippen molar-refractivity contribution in [1.82, 2.24) is 0 Å². The number of aromatic hydroxyl groups is 2. The highest BCUT2D eigenvalue weighted by Crippen LogP contribution is 2.30. The lowest BCUT2D eigenvalue weighted by atomic mass is 9.95. The summed E-state index contributed by atoms with van der Waals surface area (Å²) in [6.07, 6.45) is 2.90. The first-order valence-corrected chi connectivity index (χ1v) is 7.35. The summed E-state index contributed by atoms with van der Waals surface area (Å²) in [5.41, 5.74) is 0.693. The first kappa shape index (κ1) is 20.8. The number of Topliss-reactive ketones (excluding diaryl/α,β-unsaturated/α-hetero) is 1. The third-order valence-electron chi connectivity index (χ3n) is 2.14. The molecule has 1 aromatic rings. The summed E-state index contributed by atoms with van der Waals surface area (Å²) in [4.78, 5) is 10.9. The van der Waals surface area contributed by atoms with Crippen LogP contribution < -0.4 is 0 Å². The van der Waals surface area contributed by atoms with E-state index in [9.17, 15) is 9.90 Å². The molecule has 1 atom stereocenters. The van der Waals surface area contributed by atoms with Crippen LogP contribution in [0.5, 0.6) is 11.5 Å². The summed E-state index contributed by atoms with van der Waals surface area (Å²) < 4.78 is 0. The Morgan fingerprint density at radius 1 is 1.10 bits per heavy atom. The highest BCUT2D eigenvalue weighted by Gasteiger charge is 2.12. The first-order valence-electron chi connectivity index (χ1n) is 7.35. The smallest absolute Gasteiger partial charge is 0.130 e. The Kier molecular flexibility index (Phi) is 13.0. The standard InChI is InChI=1S/C11H14O3.2C3H8/c1-7(5-8(2)12)10-4-3-9(13)6-11(10)14;2*1-3-2/h3-4,6-7,13-14H,5H2,1-2H3;2*3H2,1-2H3. The van der Waals surface area contributed by atoms with Crippen molar-refractivity contribution < 1.29 is 15.0 Å². The molecule has 0 spiro atoms. The molecule has 0 bridgehead atoms. The van der Waals surface area contributed by atoms with E-state index < -0.39 is 0 Å². The van der Waals surface area contributed by atoms with Gasteiger partial charge in [0.25, 0.3) is 0 Å². The predicted octanol–water partition coefficient (Wildman–Crippen LogP) is 5.01. The quantitative estimate of drug-likeness (QED) is 0.819. The lowest BCUT2D eigenvalue weighted by Gasteiger charge is -2.11. The monoisotopic (exact) mass is 282 g/mol. The number of carbonyl (C=O) groups excluding carboxylic acids is 1. The Labute approximate surface area is 123 Å². The molecule has 0 amide bonds. The van der Waals surface area contributed by atoms with Crippen LogP contribution in [-0.4, -0.2) is 16.0 Å². The molecule has 1 unspecified atom stereocenters. The third-order valence-corrected chi connectivity index (χ3v) is 2.14. The molecule has 0 fully saturated rings. The van der Waals surface area contributed by atoms with E-state index >= 15 is 0 Å². The normalized spacial score (nSPS) is 10.5. The summed E-state index contributed by atoms with van der Waals surface area (Å²) in [7, 11) is 0. The number of hydrogen-bond donors (Lipinski definition) is 2. The zero-order chi connectivity index (χ0) is 16.1. The fourth-order valence-corrected chi connectivity index (χ4v) is 1.49. The van der Waals surface area contributed by atoms with Crippen molar-refractivity contribution in [2.45, 2.75) is 66.7 Å². The van der Waals surface area contributed by atoms with Crippen LogP contribution in [0, 0.1) is 0 Å². The van der Waals surface area contributed by atoms with Crippen LogP contribution in [0.4, 0.5) is 0 Å². The minimum atomic E-state index is -0.0203. The van der Waals surface area contributed by atoms with E-state index in [2.05, 4.69) is 27.7 Å². The van der Waals surface area contributed by atoms with E-state index in [0.29, 0.717) is 12.0 Å². The minimum Gasteiger partial charge on any atom is -0.508 e. The molecule has 3 nitrogen and oxygen atoms in total. The van der Waals surface area contributed by atoms with Crippen LogP contribution in [0.25, 0.3) is 0 Å². The van der Waals surface area contributed by atoms with Crippen LogP contribution in [0.3, 0.4) is 0 Å². The Balaban J connectivity index is 0. The van der Waals surface area contributed by atoms with Crippen molar-refractivity contribution in [1.29, 1.82) is 0 Å². The second kappa shape index (κ2) is 12.5. The number of ketones is 1. The average Bonchev–Trinajstić information content (AvgIpc) is 2.29. The molecule has 2 N–H and O–H groups in total. The summed E-state index contributed by atoms with van der Waals surface area (Å²) in [5.74, 6) is 0.137. The minimum absolute atomic E-state index is 0.0203. The fraction of sp³-hybridized carbons (Fsp3) is 0.588. The molecule has 0 heterocycles. The van der Waals surface area contributed by atoms with Gasteiger partial charge in [-0.1, -0.05) is 53.5 Å². The number of phenols is 2. The van der Waals surface area contributed by atoms with Crippen LogP contribution in [0.2, 0.25) is 0 Å². The van der Waals surface area contributed by atoms with E-state index in [-0.39, 0.29) is 23.2 Å². The number of hydrogen-bond acceptors (Lipinski definition) is 3. The van der Waals surface area contributed by atoms with Crippen molar-refractivity contribution >= 4 is 5.78 Å². The number of carbonyl (C=O) groups is 1. The maximum absolute atomic E-state index is 10.9. The second-order valence-electron chi connectivity index (χ2n) is 4.96. The van der Waals surface area contributed by atoms with Gasteiger partial charge in [-0.25, -0.2) is 0 Å². The van der Waals surface area contributed by atoms with Crippen molar-refractivity contribution in [2.24, 2.45) is 0 Å². The Hall–Kier alpha value is -1.51. The van der Waals surface area contributed by atoms with Crippen molar-refractivity contribution in [3.8, 4) is 11.5 Å². The van der Waals surface area contributed by atoms with E-state index in [4.69, 9.17) is 5.11 Å². The van der Waals surface area contributed by atoms with Crippen LogP contribution in [-0.2, 0) is 4.79 Å². The topological polar surface area (TPSA) is 57.5 Å². The summed E-state index contributed by atoms with van der Waals surface area (Å²) in [5, 5.41) is 18.6. The fourth-order valence-electron chi connectivity index (χ4n) is 1.49. The molecule has 0 saturated heterocycles. The van der Waals surface area contributed by atoms with Gasteiger partial charge in [0.1, 0.15) is 17.3 Å². The summed E-state index contributed by atoms with van der Waals surface area (Å²) in [6.45, 7) is 11.9. The highest BCUT2D eigenvalue weighted by molar-refractivity contribution is 5.76. The number of phenolic OH excluding ortho intramolecular Hbond substituents is 2. The maximum Gasteiger partial charge on any atom is 0.130 e. The molecule has 3 heteroatoms. The van der Waals surface area contributed by atoms with Crippen LogP contribution in [0.15, 0.2) is 18.2 Å². The molecule has 0 aromatic heterocycles. The van der Waals surface area contributed by atoms with E-state index in [1.165, 1.54) is 31.9 Å². The number of benzene rings is 1. The second-order valence-corrected chi connectivity index (χ2v) is 4.96. The molecule has 0 saturated carbocycles. The van der Waals surface area contributed by atoms with Crippen LogP contribution >= 0.6 is 0 Å². The summed E-state index contributed by atoms with van der Waals surface area (Å²) >= 11 is 0. The van der Waals surface area contributed by atoms with Gasteiger partial charge in [0.15, 0.2) is 0 Å². The van der Waals surface area contributed by atoms with E-state index in [1.807, 2.05) is 6.92 Å². The largest absolute Gasteiger partial charge is 0.508 e. The highest BCUT2D eigenvalue weighted by atomic mass is 16.3. The number of rotatable bonds is 3. The Morgan fingerprint density at radius 3 is 1.90 bits per heavy atom. The van der Waals surface area contributed by atoms with E-state index in [0.717, 1.165) is 0 Å².